The summed E-state index contributed by atoms with van der Waals surface area (Å²) in [5, 5.41) is 7.82. The Balaban J connectivity index is 1.34. The first-order valence-corrected chi connectivity index (χ1v) is 11.7. The summed E-state index contributed by atoms with van der Waals surface area (Å²) in [6.07, 6.45) is 5.45. The van der Waals surface area contributed by atoms with Crippen molar-refractivity contribution in [2.24, 2.45) is 11.8 Å². The number of aromatic nitrogens is 2. The first-order valence-electron chi connectivity index (χ1n) is 11.3. The van der Waals surface area contributed by atoms with Gasteiger partial charge in [0.15, 0.2) is 0 Å². The molecule has 3 aromatic rings. The van der Waals surface area contributed by atoms with Gasteiger partial charge in [-0.05, 0) is 91.1 Å². The number of allylic oxidation sites excluding steroid dienone is 2. The van der Waals surface area contributed by atoms with Gasteiger partial charge in [-0.2, -0.15) is 4.98 Å². The molecule has 0 bridgehead atoms. The quantitative estimate of drug-likeness (QED) is 0.365. The van der Waals surface area contributed by atoms with E-state index in [4.69, 9.17) is 16.1 Å². The van der Waals surface area contributed by atoms with Gasteiger partial charge in [-0.1, -0.05) is 35.0 Å². The van der Waals surface area contributed by atoms with Crippen molar-refractivity contribution < 1.29 is 22.4 Å². The van der Waals surface area contributed by atoms with Gasteiger partial charge in [0.1, 0.15) is 5.75 Å². The van der Waals surface area contributed by atoms with Crippen molar-refractivity contribution in [3.8, 4) is 17.1 Å². The highest BCUT2D eigenvalue weighted by atomic mass is 35.5. The summed E-state index contributed by atoms with van der Waals surface area (Å²) < 4.78 is 46.1. The minimum atomic E-state index is -4.73. The SMILES string of the molecule is CNC=C(c1ccc(Cl)cc1)C1CCC(C=Cc2nc(-c3ccc(OC(F)(F)F)cc3)no2)CC1. The molecule has 9 heteroatoms. The summed E-state index contributed by atoms with van der Waals surface area (Å²) in [6.45, 7) is 0. The lowest BCUT2D eigenvalue weighted by molar-refractivity contribution is -0.274. The molecule has 0 saturated heterocycles. The zero-order valence-electron chi connectivity index (χ0n) is 19.1. The molecule has 1 aliphatic carbocycles. The Morgan fingerprint density at radius 1 is 1.06 bits per heavy atom. The van der Waals surface area contributed by atoms with Gasteiger partial charge < -0.3 is 14.6 Å². The van der Waals surface area contributed by atoms with Crippen LogP contribution in [0.1, 0.15) is 37.1 Å². The van der Waals surface area contributed by atoms with Crippen LogP contribution in [0.5, 0.6) is 5.75 Å². The van der Waals surface area contributed by atoms with E-state index in [1.54, 1.807) is 0 Å². The van der Waals surface area contributed by atoms with Gasteiger partial charge in [-0.25, -0.2) is 0 Å². The Kier molecular flexibility index (Phi) is 7.80. The molecule has 5 nitrogen and oxygen atoms in total. The third-order valence-electron chi connectivity index (χ3n) is 5.99. The first-order chi connectivity index (χ1) is 16.8. The third kappa shape index (κ3) is 6.88. The summed E-state index contributed by atoms with van der Waals surface area (Å²) in [5.41, 5.74) is 3.01. The largest absolute Gasteiger partial charge is 0.573 e. The highest BCUT2D eigenvalue weighted by molar-refractivity contribution is 6.30. The van der Waals surface area contributed by atoms with Crippen LogP contribution in [0.25, 0.3) is 23.0 Å². The molecule has 0 aliphatic heterocycles. The molecule has 1 heterocycles. The van der Waals surface area contributed by atoms with Crippen LogP contribution in [0.15, 0.2) is 65.3 Å². The van der Waals surface area contributed by atoms with Crippen LogP contribution in [0.2, 0.25) is 5.02 Å². The van der Waals surface area contributed by atoms with Crippen molar-refractivity contribution in [3.05, 3.63) is 77.3 Å². The first kappa shape index (κ1) is 24.9. The smallest absolute Gasteiger partial charge is 0.406 e. The molecule has 35 heavy (non-hydrogen) atoms. The third-order valence-corrected chi connectivity index (χ3v) is 6.24. The van der Waals surface area contributed by atoms with Gasteiger partial charge in [0.2, 0.25) is 5.82 Å². The number of benzene rings is 2. The number of nitrogens with one attached hydrogen (secondary N) is 1. The topological polar surface area (TPSA) is 60.2 Å². The van der Waals surface area contributed by atoms with Crippen LogP contribution in [0.4, 0.5) is 13.2 Å². The van der Waals surface area contributed by atoms with Crippen LogP contribution in [0.3, 0.4) is 0 Å². The van der Waals surface area contributed by atoms with Crippen LogP contribution in [-0.4, -0.2) is 23.6 Å². The van der Waals surface area contributed by atoms with Crippen molar-refractivity contribution in [3.63, 3.8) is 0 Å². The van der Waals surface area contributed by atoms with E-state index in [2.05, 4.69) is 44.6 Å². The van der Waals surface area contributed by atoms with Crippen LogP contribution >= 0.6 is 11.6 Å². The Morgan fingerprint density at radius 3 is 2.37 bits per heavy atom. The maximum Gasteiger partial charge on any atom is 0.573 e. The second-order valence-corrected chi connectivity index (χ2v) is 8.83. The second-order valence-electron chi connectivity index (χ2n) is 8.39. The Bertz CT molecular complexity index is 1160. The van der Waals surface area contributed by atoms with E-state index >= 15 is 0 Å². The molecular formula is C26H25ClF3N3O2. The fourth-order valence-corrected chi connectivity index (χ4v) is 4.43. The molecule has 0 amide bonds. The molecule has 1 aromatic heterocycles. The normalized spacial score (nSPS) is 19.2. The Hall–Kier alpha value is -3.26. The number of rotatable bonds is 7. The number of hydrogen-bond donors (Lipinski definition) is 1. The van der Waals surface area contributed by atoms with Crippen molar-refractivity contribution >= 4 is 23.3 Å². The van der Waals surface area contributed by atoms with E-state index in [1.807, 2.05) is 25.3 Å². The fourth-order valence-electron chi connectivity index (χ4n) is 4.30. The second kappa shape index (κ2) is 11.0. The predicted molar refractivity (Wildman–Crippen MR) is 129 cm³/mol. The zero-order chi connectivity index (χ0) is 24.8. The van der Waals surface area contributed by atoms with E-state index in [9.17, 15) is 13.2 Å². The van der Waals surface area contributed by atoms with Crippen molar-refractivity contribution in [1.82, 2.24) is 15.5 Å². The molecule has 1 aliphatic rings. The predicted octanol–water partition coefficient (Wildman–Crippen LogP) is 7.37. The molecule has 1 fully saturated rings. The lowest BCUT2D eigenvalue weighted by Gasteiger charge is -2.29. The molecule has 0 unspecified atom stereocenters. The van der Waals surface area contributed by atoms with Gasteiger partial charge >= 0.3 is 6.36 Å². The molecule has 4 rings (SSSR count). The molecule has 2 aromatic carbocycles. The average Bonchev–Trinajstić information content (AvgIpc) is 3.31. The summed E-state index contributed by atoms with van der Waals surface area (Å²) in [5.74, 6) is 1.23. The molecule has 184 valence electrons. The average molecular weight is 504 g/mol. The van der Waals surface area contributed by atoms with E-state index < -0.39 is 6.36 Å². The Labute approximate surface area is 206 Å². The zero-order valence-corrected chi connectivity index (χ0v) is 19.8. The number of alkyl halides is 3. The summed E-state index contributed by atoms with van der Waals surface area (Å²) in [6, 6.07) is 13.3. The number of ether oxygens (including phenoxy) is 1. The molecule has 0 spiro atoms. The molecule has 1 saturated carbocycles. The lowest BCUT2D eigenvalue weighted by Crippen LogP contribution is -2.16. The van der Waals surface area contributed by atoms with E-state index in [1.165, 1.54) is 35.4 Å². The maximum atomic E-state index is 12.3. The highest BCUT2D eigenvalue weighted by Gasteiger charge is 2.31. The monoisotopic (exact) mass is 503 g/mol. The van der Waals surface area contributed by atoms with E-state index in [-0.39, 0.29) is 5.75 Å². The number of nitrogens with zero attached hydrogens (tertiary/aromatic N) is 2. The molecule has 0 radical (unpaired) electrons. The standard InChI is InChI=1S/C26H25ClF3N3O2/c1-31-16-23(19-7-11-21(27)12-8-19)18-5-2-17(3-6-18)4-15-24-32-25(33-35-24)20-9-13-22(14-10-20)34-26(28,29)30/h4,7-18,31H,2-3,5-6H2,1H3. The van der Waals surface area contributed by atoms with Crippen LogP contribution in [-0.2, 0) is 0 Å². The fraction of sp³-hybridized carbons (Fsp3) is 0.308. The minimum absolute atomic E-state index is 0.302. The summed E-state index contributed by atoms with van der Waals surface area (Å²) in [7, 11) is 1.91. The minimum Gasteiger partial charge on any atom is -0.406 e. The van der Waals surface area contributed by atoms with Crippen molar-refractivity contribution in [2.45, 2.75) is 32.0 Å². The van der Waals surface area contributed by atoms with Gasteiger partial charge in [0.25, 0.3) is 5.89 Å². The molecular weight excluding hydrogens is 479 g/mol. The maximum absolute atomic E-state index is 12.3. The lowest BCUT2D eigenvalue weighted by atomic mass is 9.77. The van der Waals surface area contributed by atoms with Gasteiger partial charge in [0, 0.05) is 23.8 Å². The van der Waals surface area contributed by atoms with Gasteiger partial charge in [-0.15, -0.1) is 13.2 Å². The van der Waals surface area contributed by atoms with Crippen molar-refractivity contribution in [2.75, 3.05) is 7.05 Å². The highest BCUT2D eigenvalue weighted by Crippen LogP contribution is 2.38. The summed E-state index contributed by atoms with van der Waals surface area (Å²) in [4.78, 5) is 4.33. The number of halogens is 4. The molecule has 1 N–H and O–H groups in total. The van der Waals surface area contributed by atoms with Crippen LogP contribution in [0, 0.1) is 11.8 Å². The van der Waals surface area contributed by atoms with Gasteiger partial charge in [0.05, 0.1) is 0 Å². The van der Waals surface area contributed by atoms with Gasteiger partial charge in [-0.3, -0.25) is 0 Å². The Morgan fingerprint density at radius 2 is 1.74 bits per heavy atom. The number of hydrogen-bond acceptors (Lipinski definition) is 5. The van der Waals surface area contributed by atoms with E-state index in [0.717, 1.165) is 30.7 Å². The summed E-state index contributed by atoms with van der Waals surface area (Å²) >= 11 is 6.04. The van der Waals surface area contributed by atoms with E-state index in [0.29, 0.717) is 29.1 Å². The van der Waals surface area contributed by atoms with Crippen LogP contribution < -0.4 is 10.1 Å². The van der Waals surface area contributed by atoms with Crippen molar-refractivity contribution in [1.29, 1.82) is 0 Å². The molecule has 0 atom stereocenters.